The van der Waals surface area contributed by atoms with Crippen molar-refractivity contribution >= 4 is 11.5 Å². The van der Waals surface area contributed by atoms with Crippen molar-refractivity contribution in [3.8, 4) is 0 Å². The molecule has 1 saturated carbocycles. The van der Waals surface area contributed by atoms with Crippen LogP contribution < -0.4 is 5.32 Å². The Morgan fingerprint density at radius 3 is 2.74 bits per heavy atom. The van der Waals surface area contributed by atoms with Gasteiger partial charge in [0.25, 0.3) is 0 Å². The topological polar surface area (TPSA) is 73.7 Å². The lowest BCUT2D eigenvalue weighted by Crippen LogP contribution is -2.21. The number of rotatable bonds is 4. The number of aryl methyl sites for hydroxylation is 1. The summed E-state index contributed by atoms with van der Waals surface area (Å²) in [5.74, 6) is 1.04. The first kappa shape index (κ1) is 22.7. The lowest BCUT2D eigenvalue weighted by atomic mass is 9.85. The van der Waals surface area contributed by atoms with Gasteiger partial charge in [-0.25, -0.2) is 4.39 Å². The molecule has 0 spiro atoms. The zero-order valence-corrected chi connectivity index (χ0v) is 20.4. The van der Waals surface area contributed by atoms with Crippen LogP contribution in [0.5, 0.6) is 0 Å². The van der Waals surface area contributed by atoms with E-state index in [-0.39, 0.29) is 17.8 Å². The Kier molecular flexibility index (Phi) is 5.74. The summed E-state index contributed by atoms with van der Waals surface area (Å²) in [6.07, 6.45) is 3.77. The summed E-state index contributed by atoms with van der Waals surface area (Å²) in [5.41, 5.74) is 6.52. The number of aromatic nitrogens is 3. The lowest BCUT2D eigenvalue weighted by Gasteiger charge is -2.22. The molecule has 0 bridgehead atoms. The van der Waals surface area contributed by atoms with Crippen molar-refractivity contribution in [3.63, 3.8) is 0 Å². The molecule has 2 aliphatic rings. The van der Waals surface area contributed by atoms with Gasteiger partial charge in [-0.05, 0) is 60.9 Å². The Morgan fingerprint density at radius 2 is 1.94 bits per heavy atom. The second-order valence-corrected chi connectivity index (χ2v) is 10.9. The average molecular weight is 463 g/mol. The number of benzene rings is 1. The number of hydrogen-bond acceptors (Lipinski definition) is 4. The molecule has 178 valence electrons. The van der Waals surface area contributed by atoms with Crippen LogP contribution in [0.15, 0.2) is 30.3 Å². The number of nitrogens with zero attached hydrogens (tertiary/aromatic N) is 3. The zero-order valence-electron chi connectivity index (χ0n) is 20.4. The van der Waals surface area contributed by atoms with E-state index in [0.29, 0.717) is 41.9 Å². The third-order valence-electron chi connectivity index (χ3n) is 7.30. The number of nitroso groups, excluding NO2 is 1. The standard InChI is InChI=1S/C27H33FN5O/c1-16-11-20(27(2,3)4)13-23(29-16)18-5-6-19(12-18)24-14-25(32-31-24)30-22-8-7-17-9-10-33(34)15-21(17)26(22)28/h7-8,11,13-14,18-19H,5-6,9-10,12,15H2,1-4H3,(H2,30,31,32)/q+1. The molecule has 3 heterocycles. The Morgan fingerprint density at radius 1 is 1.15 bits per heavy atom. The number of H-pyrrole nitrogens is 1. The van der Waals surface area contributed by atoms with Crippen LogP contribution in [0.2, 0.25) is 0 Å². The van der Waals surface area contributed by atoms with Crippen LogP contribution in [0, 0.1) is 17.6 Å². The molecule has 2 unspecified atom stereocenters. The molecule has 1 aromatic carbocycles. The highest BCUT2D eigenvalue weighted by atomic mass is 19.1. The Balaban J connectivity index is 1.30. The molecule has 34 heavy (non-hydrogen) atoms. The number of halogens is 1. The van der Waals surface area contributed by atoms with Crippen LogP contribution in [-0.2, 0) is 18.4 Å². The van der Waals surface area contributed by atoms with Crippen LogP contribution in [0.1, 0.15) is 85.6 Å². The largest absolute Gasteiger partial charge is 0.336 e. The van der Waals surface area contributed by atoms with Crippen molar-refractivity contribution < 1.29 is 9.15 Å². The summed E-state index contributed by atoms with van der Waals surface area (Å²) < 4.78 is 15.9. The number of pyridine rings is 1. The van der Waals surface area contributed by atoms with Crippen molar-refractivity contribution in [3.05, 3.63) is 74.8 Å². The van der Waals surface area contributed by atoms with Gasteiger partial charge in [-0.15, -0.1) is 0 Å². The smallest absolute Gasteiger partial charge is 0.220 e. The van der Waals surface area contributed by atoms with Crippen LogP contribution in [-0.4, -0.2) is 26.5 Å². The minimum Gasteiger partial charge on any atom is -0.336 e. The molecule has 6 nitrogen and oxygen atoms in total. The van der Waals surface area contributed by atoms with Crippen molar-refractivity contribution in [1.29, 1.82) is 0 Å². The molecule has 2 aromatic heterocycles. The molecular formula is C27H33FN5O+. The minimum absolute atomic E-state index is 0.0931. The average Bonchev–Trinajstić information content (AvgIpc) is 3.45. The van der Waals surface area contributed by atoms with Gasteiger partial charge in [0.05, 0.1) is 11.3 Å². The normalized spacial score (nSPS) is 20.4. The third-order valence-corrected chi connectivity index (χ3v) is 7.30. The first-order chi connectivity index (χ1) is 16.2. The molecule has 2 atom stereocenters. The van der Waals surface area contributed by atoms with E-state index in [0.717, 1.165) is 41.0 Å². The Hall–Kier alpha value is -3.09. The van der Waals surface area contributed by atoms with Gasteiger partial charge in [-0.1, -0.05) is 26.8 Å². The van der Waals surface area contributed by atoms with E-state index in [1.165, 1.54) is 11.3 Å². The fourth-order valence-electron chi connectivity index (χ4n) is 5.28. The van der Waals surface area contributed by atoms with Crippen molar-refractivity contribution in [1.82, 2.24) is 15.2 Å². The highest BCUT2D eigenvalue weighted by Gasteiger charge is 2.31. The predicted molar refractivity (Wildman–Crippen MR) is 131 cm³/mol. The van der Waals surface area contributed by atoms with Gasteiger partial charge in [0.15, 0.2) is 18.2 Å². The summed E-state index contributed by atoms with van der Waals surface area (Å²) in [7, 11) is 0. The quantitative estimate of drug-likeness (QED) is 0.454. The van der Waals surface area contributed by atoms with Crippen molar-refractivity contribution in [2.75, 3.05) is 11.9 Å². The first-order valence-corrected chi connectivity index (χ1v) is 12.2. The van der Waals surface area contributed by atoms with E-state index in [9.17, 15) is 4.91 Å². The Bertz CT molecular complexity index is 1240. The second kappa shape index (κ2) is 8.60. The monoisotopic (exact) mass is 462 g/mol. The summed E-state index contributed by atoms with van der Waals surface area (Å²) in [6.45, 7) is 9.31. The molecule has 0 amide bonds. The summed E-state index contributed by atoms with van der Waals surface area (Å²) in [4.78, 5) is 16.6. The molecular weight excluding hydrogens is 429 g/mol. The van der Waals surface area contributed by atoms with E-state index in [2.05, 4.69) is 55.3 Å². The highest BCUT2D eigenvalue weighted by Crippen LogP contribution is 2.43. The molecule has 3 aromatic rings. The fraction of sp³-hybridized carbons (Fsp3) is 0.481. The van der Waals surface area contributed by atoms with E-state index >= 15 is 4.39 Å². The van der Waals surface area contributed by atoms with Gasteiger partial charge in [0.1, 0.15) is 0 Å². The molecule has 1 aliphatic heterocycles. The maximum absolute atomic E-state index is 15.0. The summed E-state index contributed by atoms with van der Waals surface area (Å²) in [6, 6.07) is 10.1. The van der Waals surface area contributed by atoms with Crippen LogP contribution in [0.4, 0.5) is 15.9 Å². The molecule has 0 saturated heterocycles. The van der Waals surface area contributed by atoms with Gasteiger partial charge in [0, 0.05) is 51.1 Å². The van der Waals surface area contributed by atoms with E-state index in [4.69, 9.17) is 4.98 Å². The zero-order chi connectivity index (χ0) is 24.0. The molecule has 1 fully saturated rings. The predicted octanol–water partition coefficient (Wildman–Crippen LogP) is 6.18. The Labute approximate surface area is 200 Å². The first-order valence-electron chi connectivity index (χ1n) is 12.2. The maximum atomic E-state index is 15.0. The van der Waals surface area contributed by atoms with Gasteiger partial charge in [-0.2, -0.15) is 5.10 Å². The van der Waals surface area contributed by atoms with Gasteiger partial charge in [0.2, 0.25) is 6.54 Å². The van der Waals surface area contributed by atoms with E-state index < -0.39 is 0 Å². The fourth-order valence-corrected chi connectivity index (χ4v) is 5.28. The third kappa shape index (κ3) is 4.48. The number of hydrogen-bond donors (Lipinski definition) is 2. The molecule has 7 heteroatoms. The van der Waals surface area contributed by atoms with Gasteiger partial charge in [-0.3, -0.25) is 10.1 Å². The van der Waals surface area contributed by atoms with Crippen molar-refractivity contribution in [2.24, 2.45) is 0 Å². The molecule has 5 rings (SSSR count). The number of fused-ring (bicyclic) bond motifs is 1. The van der Waals surface area contributed by atoms with Crippen LogP contribution in [0.3, 0.4) is 0 Å². The summed E-state index contributed by atoms with van der Waals surface area (Å²) >= 11 is 0. The molecule has 2 N–H and O–H groups in total. The molecule has 1 aliphatic carbocycles. The SMILES string of the molecule is Cc1cc(C(C)(C)C)cc(C2CCC(c3cc(Nc4ccc5c(c4F)C[N+](=O)CC5)n[nH]3)C2)n1. The highest BCUT2D eigenvalue weighted by molar-refractivity contribution is 5.59. The lowest BCUT2D eigenvalue weighted by molar-refractivity contribution is -0.568. The number of aromatic amines is 1. The molecule has 0 radical (unpaired) electrons. The van der Waals surface area contributed by atoms with E-state index in [1.54, 1.807) is 6.07 Å². The summed E-state index contributed by atoms with van der Waals surface area (Å²) in [5, 5.41) is 10.7. The number of nitrogens with one attached hydrogen (secondary N) is 2. The van der Waals surface area contributed by atoms with Crippen LogP contribution in [0.25, 0.3) is 0 Å². The minimum atomic E-state index is -0.358. The second-order valence-electron chi connectivity index (χ2n) is 10.9. The van der Waals surface area contributed by atoms with Gasteiger partial charge < -0.3 is 5.32 Å². The van der Waals surface area contributed by atoms with Crippen molar-refractivity contribution in [2.45, 2.75) is 77.2 Å². The number of anilines is 2. The maximum Gasteiger partial charge on any atom is 0.220 e. The van der Waals surface area contributed by atoms with Crippen LogP contribution >= 0.6 is 0 Å². The van der Waals surface area contributed by atoms with Gasteiger partial charge >= 0.3 is 0 Å². The van der Waals surface area contributed by atoms with E-state index in [1.807, 2.05) is 12.1 Å².